The molecule has 0 aromatic heterocycles. The van der Waals surface area contributed by atoms with Crippen LogP contribution in [-0.4, -0.2) is 6.54 Å². The van der Waals surface area contributed by atoms with Crippen molar-refractivity contribution >= 4 is 0 Å². The van der Waals surface area contributed by atoms with Gasteiger partial charge in [0.1, 0.15) is 0 Å². The minimum absolute atomic E-state index is 0.340. The molecule has 23 heavy (non-hydrogen) atoms. The van der Waals surface area contributed by atoms with Gasteiger partial charge in [-0.15, -0.1) is 5.92 Å². The molecule has 0 aromatic carbocycles. The average Bonchev–Trinajstić information content (AvgIpc) is 2.51. The van der Waals surface area contributed by atoms with Crippen molar-refractivity contribution in [2.75, 3.05) is 6.54 Å². The standard InChI is InChI=1S/C22H37N/c1-7-10-18(11-8-2)22(15-23)21-14-19(16(4)5)13-17(6)20(21)12-9-3/h13-14,16-18,20,22H,7-8,10-11,15,23H2,1-6H3. The molecule has 0 fully saturated rings. The molecule has 1 aliphatic rings. The Morgan fingerprint density at radius 1 is 1.17 bits per heavy atom. The number of rotatable bonds is 8. The van der Waals surface area contributed by atoms with Crippen LogP contribution in [0.25, 0.3) is 0 Å². The van der Waals surface area contributed by atoms with Gasteiger partial charge in [0.15, 0.2) is 0 Å². The lowest BCUT2D eigenvalue weighted by Crippen LogP contribution is -2.31. The molecular formula is C22H37N. The summed E-state index contributed by atoms with van der Waals surface area (Å²) in [5.74, 6) is 9.21. The van der Waals surface area contributed by atoms with Gasteiger partial charge in [0.25, 0.3) is 0 Å². The van der Waals surface area contributed by atoms with Crippen LogP contribution in [0, 0.1) is 41.4 Å². The van der Waals surface area contributed by atoms with E-state index in [0.717, 1.165) is 6.54 Å². The normalized spacial score (nSPS) is 22.5. The maximum Gasteiger partial charge on any atom is 0.0478 e. The molecule has 1 aliphatic carbocycles. The molecule has 0 aliphatic heterocycles. The lowest BCUT2D eigenvalue weighted by Gasteiger charge is -2.35. The molecule has 0 amide bonds. The molecule has 0 aromatic rings. The maximum atomic E-state index is 6.28. The topological polar surface area (TPSA) is 26.0 Å². The van der Waals surface area contributed by atoms with E-state index in [1.54, 1.807) is 0 Å². The Labute approximate surface area is 144 Å². The van der Waals surface area contributed by atoms with E-state index in [9.17, 15) is 0 Å². The third-order valence-corrected chi connectivity index (χ3v) is 5.21. The minimum Gasteiger partial charge on any atom is -0.330 e. The molecule has 1 nitrogen and oxygen atoms in total. The van der Waals surface area contributed by atoms with Crippen molar-refractivity contribution in [1.29, 1.82) is 0 Å². The van der Waals surface area contributed by atoms with Crippen molar-refractivity contribution in [1.82, 2.24) is 0 Å². The largest absolute Gasteiger partial charge is 0.330 e. The van der Waals surface area contributed by atoms with Crippen LogP contribution in [0.4, 0.5) is 0 Å². The van der Waals surface area contributed by atoms with Crippen molar-refractivity contribution < 1.29 is 0 Å². The van der Waals surface area contributed by atoms with Crippen molar-refractivity contribution in [2.24, 2.45) is 35.3 Å². The number of allylic oxidation sites excluding steroid dienone is 3. The predicted octanol–water partition coefficient (Wildman–Crippen LogP) is 5.58. The Kier molecular flexibility index (Phi) is 8.71. The van der Waals surface area contributed by atoms with Crippen LogP contribution >= 0.6 is 0 Å². The van der Waals surface area contributed by atoms with Gasteiger partial charge in [0.05, 0.1) is 0 Å². The van der Waals surface area contributed by atoms with Gasteiger partial charge in [0, 0.05) is 5.92 Å². The molecular weight excluding hydrogens is 278 g/mol. The Balaban J connectivity index is 3.25. The molecule has 3 atom stereocenters. The van der Waals surface area contributed by atoms with Gasteiger partial charge in [-0.2, -0.15) is 0 Å². The van der Waals surface area contributed by atoms with Gasteiger partial charge in [-0.3, -0.25) is 0 Å². The summed E-state index contributed by atoms with van der Waals surface area (Å²) in [5, 5.41) is 0. The van der Waals surface area contributed by atoms with Crippen LogP contribution < -0.4 is 5.73 Å². The zero-order valence-electron chi connectivity index (χ0n) is 16.2. The second kappa shape index (κ2) is 9.99. The summed E-state index contributed by atoms with van der Waals surface area (Å²) in [4.78, 5) is 0. The van der Waals surface area contributed by atoms with Gasteiger partial charge in [-0.25, -0.2) is 0 Å². The van der Waals surface area contributed by atoms with Crippen molar-refractivity contribution in [3.63, 3.8) is 0 Å². The highest BCUT2D eigenvalue weighted by Gasteiger charge is 2.32. The van der Waals surface area contributed by atoms with Gasteiger partial charge in [0.2, 0.25) is 0 Å². The van der Waals surface area contributed by atoms with Crippen LogP contribution in [0.2, 0.25) is 0 Å². The highest BCUT2D eigenvalue weighted by Crippen LogP contribution is 2.40. The van der Waals surface area contributed by atoms with Gasteiger partial charge >= 0.3 is 0 Å². The lowest BCUT2D eigenvalue weighted by atomic mass is 9.69. The zero-order valence-corrected chi connectivity index (χ0v) is 16.2. The fourth-order valence-electron chi connectivity index (χ4n) is 3.99. The summed E-state index contributed by atoms with van der Waals surface area (Å²) in [7, 11) is 0. The molecule has 0 bridgehead atoms. The number of nitrogens with two attached hydrogens (primary N) is 1. The van der Waals surface area contributed by atoms with Crippen LogP contribution in [0.1, 0.15) is 67.2 Å². The second-order valence-electron chi connectivity index (χ2n) is 7.38. The fraction of sp³-hybridized carbons (Fsp3) is 0.727. The van der Waals surface area contributed by atoms with Crippen molar-refractivity contribution in [3.05, 3.63) is 23.3 Å². The van der Waals surface area contributed by atoms with Gasteiger partial charge in [-0.1, -0.05) is 78.4 Å². The van der Waals surface area contributed by atoms with E-state index in [1.165, 1.54) is 36.8 Å². The smallest absolute Gasteiger partial charge is 0.0478 e. The van der Waals surface area contributed by atoms with Crippen LogP contribution in [0.15, 0.2) is 23.3 Å². The van der Waals surface area contributed by atoms with Gasteiger partial charge < -0.3 is 5.73 Å². The maximum absolute atomic E-state index is 6.28. The molecule has 1 rings (SSSR count). The average molecular weight is 316 g/mol. The molecule has 0 saturated carbocycles. The van der Waals surface area contributed by atoms with E-state index in [2.05, 4.69) is 58.6 Å². The van der Waals surface area contributed by atoms with E-state index in [1.807, 2.05) is 6.92 Å². The summed E-state index contributed by atoms with van der Waals surface area (Å²) in [6.45, 7) is 14.2. The Hall–Kier alpha value is -1.00. The third-order valence-electron chi connectivity index (χ3n) is 5.21. The predicted molar refractivity (Wildman–Crippen MR) is 103 cm³/mol. The fourth-order valence-corrected chi connectivity index (χ4v) is 3.99. The summed E-state index contributed by atoms with van der Waals surface area (Å²) < 4.78 is 0. The number of hydrogen-bond donors (Lipinski definition) is 1. The molecule has 0 radical (unpaired) electrons. The molecule has 130 valence electrons. The second-order valence-corrected chi connectivity index (χ2v) is 7.38. The first-order valence-electron chi connectivity index (χ1n) is 9.55. The molecule has 0 spiro atoms. The van der Waals surface area contributed by atoms with E-state index in [-0.39, 0.29) is 0 Å². The first kappa shape index (κ1) is 20.0. The minimum atomic E-state index is 0.340. The Morgan fingerprint density at radius 3 is 2.22 bits per heavy atom. The first-order chi connectivity index (χ1) is 11.0. The molecule has 0 heterocycles. The SMILES string of the molecule is CC#CC1C(C(CN)C(CCC)CCC)=CC(C(C)C)=CC1C. The molecule has 3 unspecified atom stereocenters. The van der Waals surface area contributed by atoms with Gasteiger partial charge in [-0.05, 0) is 48.3 Å². The van der Waals surface area contributed by atoms with E-state index in [0.29, 0.717) is 29.6 Å². The molecule has 1 heteroatoms. The first-order valence-corrected chi connectivity index (χ1v) is 9.55. The Morgan fingerprint density at radius 2 is 1.78 bits per heavy atom. The van der Waals surface area contributed by atoms with Crippen LogP contribution in [0.3, 0.4) is 0 Å². The summed E-state index contributed by atoms with van der Waals surface area (Å²) >= 11 is 0. The molecule has 0 saturated heterocycles. The summed E-state index contributed by atoms with van der Waals surface area (Å²) in [6, 6.07) is 0. The van der Waals surface area contributed by atoms with Crippen LogP contribution in [0.5, 0.6) is 0 Å². The van der Waals surface area contributed by atoms with E-state index in [4.69, 9.17) is 5.73 Å². The molecule has 2 N–H and O–H groups in total. The summed E-state index contributed by atoms with van der Waals surface area (Å²) in [5.41, 5.74) is 9.25. The van der Waals surface area contributed by atoms with E-state index >= 15 is 0 Å². The highest BCUT2D eigenvalue weighted by atomic mass is 14.6. The zero-order chi connectivity index (χ0) is 17.4. The highest BCUT2D eigenvalue weighted by molar-refractivity contribution is 5.38. The van der Waals surface area contributed by atoms with E-state index < -0.39 is 0 Å². The van der Waals surface area contributed by atoms with Crippen molar-refractivity contribution in [2.45, 2.75) is 67.2 Å². The summed E-state index contributed by atoms with van der Waals surface area (Å²) in [6.07, 6.45) is 9.88. The monoisotopic (exact) mass is 315 g/mol. The van der Waals surface area contributed by atoms with Crippen LogP contribution in [-0.2, 0) is 0 Å². The third kappa shape index (κ3) is 5.25. The number of hydrogen-bond acceptors (Lipinski definition) is 1. The quantitative estimate of drug-likeness (QED) is 0.582. The lowest BCUT2D eigenvalue weighted by molar-refractivity contribution is 0.309. The Bertz CT molecular complexity index is 466. The van der Waals surface area contributed by atoms with Crippen molar-refractivity contribution in [3.8, 4) is 11.8 Å².